The maximum Gasteiger partial charge on any atom is 0.260 e. The van der Waals surface area contributed by atoms with Gasteiger partial charge in [0.15, 0.2) is 15.8 Å². The molecule has 4 N–H and O–H groups in total. The Morgan fingerprint density at radius 2 is 2.19 bits per heavy atom. The number of imidazole rings is 1. The quantitative estimate of drug-likeness (QED) is 0.714. The van der Waals surface area contributed by atoms with Crippen molar-refractivity contribution in [3.8, 4) is 0 Å². The van der Waals surface area contributed by atoms with E-state index in [0.717, 1.165) is 0 Å². The Balaban J connectivity index is 2.29. The van der Waals surface area contributed by atoms with E-state index < -0.39 is 15.4 Å². The molecule has 0 unspecified atom stereocenters. The Kier molecular flexibility index (Phi) is 3.95. The van der Waals surface area contributed by atoms with Crippen molar-refractivity contribution in [3.63, 3.8) is 0 Å². The van der Waals surface area contributed by atoms with E-state index >= 15 is 0 Å². The van der Waals surface area contributed by atoms with Crippen LogP contribution in [-0.4, -0.2) is 37.3 Å². The number of aromatic nitrogens is 2. The van der Waals surface area contributed by atoms with Gasteiger partial charge in [-0.1, -0.05) is 0 Å². The number of nitrogen functional groups attached to an aromatic ring is 1. The fourth-order valence-electron chi connectivity index (χ4n) is 1.81. The first-order valence-electron chi connectivity index (χ1n) is 6.12. The molecule has 10 heteroatoms. The Morgan fingerprint density at radius 3 is 2.81 bits per heavy atom. The smallest absolute Gasteiger partial charge is 0.260 e. The summed E-state index contributed by atoms with van der Waals surface area (Å²) in [5.74, 6) is -0.320. The number of thiazole rings is 1. The molecule has 0 saturated carbocycles. The highest BCUT2D eigenvalue weighted by Gasteiger charge is 2.31. The molecule has 2 aromatic rings. The first-order valence-corrected chi connectivity index (χ1v) is 8.48. The fourth-order valence-corrected chi connectivity index (χ4v) is 4.01. The molecule has 0 aliphatic rings. The number of hydrogen-bond acceptors (Lipinski definition) is 6. The van der Waals surface area contributed by atoms with Gasteiger partial charge in [-0.2, -0.15) is 0 Å². The van der Waals surface area contributed by atoms with E-state index in [4.69, 9.17) is 5.73 Å². The Labute approximate surface area is 126 Å². The summed E-state index contributed by atoms with van der Waals surface area (Å²) in [5, 5.41) is 4.11. The molecule has 2 aromatic heterocycles. The van der Waals surface area contributed by atoms with Crippen LogP contribution in [0.4, 0.5) is 5.82 Å². The molecule has 0 aliphatic carbocycles. The van der Waals surface area contributed by atoms with Gasteiger partial charge in [0.25, 0.3) is 10.0 Å². The van der Waals surface area contributed by atoms with Gasteiger partial charge in [-0.15, -0.1) is 11.3 Å². The number of sulfonamides is 1. The zero-order valence-electron chi connectivity index (χ0n) is 11.9. The summed E-state index contributed by atoms with van der Waals surface area (Å²) in [7, 11) is -2.36. The summed E-state index contributed by atoms with van der Waals surface area (Å²) >= 11 is 1.29. The number of nitrogens with two attached hydrogens (primary N) is 1. The number of carbonyl (C=O) groups is 1. The third-order valence-electron chi connectivity index (χ3n) is 3.04. The predicted molar refractivity (Wildman–Crippen MR) is 80.5 cm³/mol. The van der Waals surface area contributed by atoms with Crippen molar-refractivity contribution < 1.29 is 13.2 Å². The van der Waals surface area contributed by atoms with Gasteiger partial charge in [-0.25, -0.2) is 18.1 Å². The maximum atomic E-state index is 12.4. The molecule has 116 valence electrons. The number of hydrogen-bond donors (Lipinski definition) is 3. The number of fused-ring (bicyclic) bond motifs is 1. The summed E-state index contributed by atoms with van der Waals surface area (Å²) < 4.78 is 28.6. The number of amides is 1. The second-order valence-electron chi connectivity index (χ2n) is 5.15. The van der Waals surface area contributed by atoms with Gasteiger partial charge in [0.2, 0.25) is 5.91 Å². The summed E-state index contributed by atoms with van der Waals surface area (Å²) in [5.41, 5.74) is 4.81. The second-order valence-corrected chi connectivity index (χ2v) is 7.70. The molecule has 0 atom stereocenters. The van der Waals surface area contributed by atoms with Gasteiger partial charge >= 0.3 is 0 Å². The van der Waals surface area contributed by atoms with Crippen LogP contribution in [0.25, 0.3) is 4.96 Å². The number of anilines is 1. The highest BCUT2D eigenvalue weighted by Crippen LogP contribution is 2.24. The Morgan fingerprint density at radius 1 is 1.52 bits per heavy atom. The summed E-state index contributed by atoms with van der Waals surface area (Å²) in [6.45, 7) is 3.24. The van der Waals surface area contributed by atoms with Crippen LogP contribution in [0.2, 0.25) is 0 Å². The van der Waals surface area contributed by atoms with Crippen molar-refractivity contribution in [2.24, 2.45) is 5.41 Å². The normalized spacial score (nSPS) is 12.7. The molecule has 0 radical (unpaired) electrons. The predicted octanol–water partition coefficient (Wildman–Crippen LogP) is 0.0285. The summed E-state index contributed by atoms with van der Waals surface area (Å²) in [6.07, 6.45) is 1.59. The number of nitrogens with one attached hydrogen (secondary N) is 2. The number of rotatable bonds is 5. The third kappa shape index (κ3) is 2.87. The van der Waals surface area contributed by atoms with Crippen molar-refractivity contribution in [1.82, 2.24) is 19.4 Å². The Bertz CT molecular complexity index is 775. The van der Waals surface area contributed by atoms with Crippen LogP contribution in [0.3, 0.4) is 0 Å². The standard InChI is InChI=1S/C11H17N5O3S2/c1-11(2,9(17)13-3)6-14-21(18,19)8-7(12)15-10-16(8)4-5-20-10/h4-5,14H,6,12H2,1-3H3,(H,13,17). The minimum atomic E-state index is -3.87. The minimum absolute atomic E-state index is 0.0498. The van der Waals surface area contributed by atoms with E-state index in [1.807, 2.05) is 0 Å². The monoisotopic (exact) mass is 331 g/mol. The van der Waals surface area contributed by atoms with E-state index in [1.165, 1.54) is 22.8 Å². The lowest BCUT2D eigenvalue weighted by molar-refractivity contribution is -0.128. The van der Waals surface area contributed by atoms with Gasteiger partial charge in [-0.3, -0.25) is 9.20 Å². The van der Waals surface area contributed by atoms with Crippen LogP contribution in [0, 0.1) is 5.41 Å². The summed E-state index contributed by atoms with van der Waals surface area (Å²) in [6, 6.07) is 0. The lowest BCUT2D eigenvalue weighted by Crippen LogP contribution is -2.43. The molecule has 8 nitrogen and oxygen atoms in total. The van der Waals surface area contributed by atoms with Crippen LogP contribution in [-0.2, 0) is 14.8 Å². The van der Waals surface area contributed by atoms with Crippen molar-refractivity contribution in [2.45, 2.75) is 18.9 Å². The lowest BCUT2D eigenvalue weighted by Gasteiger charge is -2.22. The lowest BCUT2D eigenvalue weighted by atomic mass is 9.93. The average Bonchev–Trinajstić information content (AvgIpc) is 2.94. The first kappa shape index (κ1) is 15.7. The maximum absolute atomic E-state index is 12.4. The summed E-state index contributed by atoms with van der Waals surface area (Å²) in [4.78, 5) is 16.2. The molecular formula is C11H17N5O3S2. The van der Waals surface area contributed by atoms with Gasteiger partial charge in [0, 0.05) is 25.2 Å². The highest BCUT2D eigenvalue weighted by atomic mass is 32.2. The highest BCUT2D eigenvalue weighted by molar-refractivity contribution is 7.89. The minimum Gasteiger partial charge on any atom is -0.381 e. The fraction of sp³-hybridized carbons (Fsp3) is 0.455. The van der Waals surface area contributed by atoms with Crippen LogP contribution < -0.4 is 15.8 Å². The van der Waals surface area contributed by atoms with Gasteiger partial charge in [0.1, 0.15) is 0 Å². The third-order valence-corrected chi connectivity index (χ3v) is 5.24. The van der Waals surface area contributed by atoms with Crippen LogP contribution >= 0.6 is 11.3 Å². The topological polar surface area (TPSA) is 119 Å². The van der Waals surface area contributed by atoms with E-state index in [9.17, 15) is 13.2 Å². The van der Waals surface area contributed by atoms with Crippen molar-refractivity contribution in [3.05, 3.63) is 11.6 Å². The zero-order chi connectivity index (χ0) is 15.8. The molecule has 0 fully saturated rings. The molecule has 2 rings (SSSR count). The van der Waals surface area contributed by atoms with Crippen molar-refractivity contribution >= 4 is 38.0 Å². The van der Waals surface area contributed by atoms with Gasteiger partial charge in [0.05, 0.1) is 5.41 Å². The van der Waals surface area contributed by atoms with Crippen LogP contribution in [0.15, 0.2) is 16.6 Å². The molecular weight excluding hydrogens is 314 g/mol. The van der Waals surface area contributed by atoms with E-state index in [2.05, 4.69) is 15.0 Å². The van der Waals surface area contributed by atoms with Crippen LogP contribution in [0.5, 0.6) is 0 Å². The molecule has 1 amide bonds. The molecule has 2 heterocycles. The van der Waals surface area contributed by atoms with E-state index in [-0.39, 0.29) is 23.3 Å². The Hall–Kier alpha value is -1.65. The van der Waals surface area contributed by atoms with Gasteiger partial charge in [-0.05, 0) is 13.8 Å². The number of carbonyl (C=O) groups excluding carboxylic acids is 1. The molecule has 0 aliphatic heterocycles. The first-order chi connectivity index (χ1) is 9.69. The SMILES string of the molecule is CNC(=O)C(C)(C)CNS(=O)(=O)c1c(N)nc2sccn12. The largest absolute Gasteiger partial charge is 0.381 e. The number of nitrogens with zero attached hydrogens (tertiary/aromatic N) is 2. The molecule has 0 bridgehead atoms. The molecule has 21 heavy (non-hydrogen) atoms. The average molecular weight is 331 g/mol. The zero-order valence-corrected chi connectivity index (χ0v) is 13.5. The van der Waals surface area contributed by atoms with Crippen molar-refractivity contribution in [2.75, 3.05) is 19.3 Å². The van der Waals surface area contributed by atoms with Crippen LogP contribution in [0.1, 0.15) is 13.8 Å². The second kappa shape index (κ2) is 5.28. The van der Waals surface area contributed by atoms with E-state index in [1.54, 1.807) is 25.4 Å². The van der Waals surface area contributed by atoms with E-state index in [0.29, 0.717) is 4.96 Å². The van der Waals surface area contributed by atoms with Gasteiger partial charge < -0.3 is 11.1 Å². The molecule has 0 spiro atoms. The van der Waals surface area contributed by atoms with Crippen molar-refractivity contribution in [1.29, 1.82) is 0 Å². The molecule has 0 aromatic carbocycles. The molecule has 0 saturated heterocycles.